The second-order valence-corrected chi connectivity index (χ2v) is 5.24. The number of aromatic nitrogens is 1. The summed E-state index contributed by atoms with van der Waals surface area (Å²) in [5.74, 6) is -0.518. The quantitative estimate of drug-likeness (QED) is 0.571. The van der Waals surface area contributed by atoms with Crippen LogP contribution in [0.1, 0.15) is 18.5 Å². The van der Waals surface area contributed by atoms with Crippen molar-refractivity contribution in [3.8, 4) is 0 Å². The van der Waals surface area contributed by atoms with Gasteiger partial charge in [-0.3, -0.25) is 19.9 Å². The lowest BCUT2D eigenvalue weighted by atomic mass is 10.0. The van der Waals surface area contributed by atoms with Crippen LogP contribution in [0.4, 0.5) is 11.4 Å². The Morgan fingerprint density at radius 1 is 1.33 bits per heavy atom. The number of carbonyl (C=O) groups is 2. The molecule has 108 valence electrons. The van der Waals surface area contributed by atoms with E-state index in [0.717, 1.165) is 22.3 Å². The fourth-order valence-electron chi connectivity index (χ4n) is 2.51. The number of rotatable bonds is 2. The Hall–Kier alpha value is -2.63. The lowest BCUT2D eigenvalue weighted by Gasteiger charge is -2.23. The molecule has 0 spiro atoms. The van der Waals surface area contributed by atoms with Crippen molar-refractivity contribution in [3.63, 3.8) is 0 Å². The first kappa shape index (κ1) is 13.4. The lowest BCUT2D eigenvalue weighted by Crippen LogP contribution is -2.47. The number of fused-ring (bicyclic) bond motifs is 1. The molecule has 6 nitrogen and oxygen atoms in total. The molecule has 0 saturated carbocycles. The number of nitrogens with zero attached hydrogens (tertiary/aromatic N) is 1. The molecule has 1 aromatic carbocycles. The van der Waals surface area contributed by atoms with E-state index in [0.29, 0.717) is 18.5 Å². The zero-order valence-electron chi connectivity index (χ0n) is 11.6. The number of nitrogens with one attached hydrogen (secondary N) is 2. The molecule has 0 aliphatic carbocycles. The van der Waals surface area contributed by atoms with Crippen LogP contribution in [0.25, 0.3) is 10.9 Å². The zero-order valence-corrected chi connectivity index (χ0v) is 11.6. The average molecular weight is 284 g/mol. The summed E-state index contributed by atoms with van der Waals surface area (Å²) in [6.45, 7) is 1.89. The van der Waals surface area contributed by atoms with Crippen molar-refractivity contribution in [2.45, 2.75) is 25.8 Å². The minimum Gasteiger partial charge on any atom is -0.399 e. The molecule has 1 fully saturated rings. The van der Waals surface area contributed by atoms with E-state index in [2.05, 4.69) is 15.6 Å². The van der Waals surface area contributed by atoms with Crippen molar-refractivity contribution >= 4 is 34.1 Å². The highest BCUT2D eigenvalue weighted by molar-refractivity contribution is 6.02. The van der Waals surface area contributed by atoms with Crippen molar-refractivity contribution in [3.05, 3.63) is 30.0 Å². The van der Waals surface area contributed by atoms with E-state index < -0.39 is 6.04 Å². The molecule has 1 aromatic heterocycles. The second-order valence-electron chi connectivity index (χ2n) is 5.24. The number of hydrogen-bond donors (Lipinski definition) is 3. The summed E-state index contributed by atoms with van der Waals surface area (Å²) in [5.41, 5.74) is 8.94. The predicted molar refractivity (Wildman–Crippen MR) is 80.7 cm³/mol. The molecule has 0 bridgehead atoms. The maximum absolute atomic E-state index is 11.9. The van der Waals surface area contributed by atoms with Crippen molar-refractivity contribution in [1.82, 2.24) is 10.3 Å². The Bertz CT molecular complexity index is 742. The van der Waals surface area contributed by atoms with Crippen molar-refractivity contribution < 1.29 is 9.59 Å². The number of carbonyl (C=O) groups excluding carboxylic acids is 2. The highest BCUT2D eigenvalue weighted by Crippen LogP contribution is 2.26. The first-order chi connectivity index (χ1) is 10.0. The van der Waals surface area contributed by atoms with Crippen molar-refractivity contribution in [2.24, 2.45) is 0 Å². The van der Waals surface area contributed by atoms with Crippen LogP contribution in [0.5, 0.6) is 0 Å². The van der Waals surface area contributed by atoms with Crippen LogP contribution >= 0.6 is 0 Å². The van der Waals surface area contributed by atoms with E-state index in [1.165, 1.54) is 0 Å². The predicted octanol–water partition coefficient (Wildman–Crippen LogP) is 1.34. The SMILES string of the molecule is Cc1cc(NC2CCC(=O)NC2=O)c2cc(N)ccc2n1. The van der Waals surface area contributed by atoms with Crippen LogP contribution in [0.15, 0.2) is 24.3 Å². The van der Waals surface area contributed by atoms with Gasteiger partial charge in [-0.05, 0) is 37.6 Å². The van der Waals surface area contributed by atoms with E-state index in [9.17, 15) is 9.59 Å². The third-order valence-electron chi connectivity index (χ3n) is 3.53. The minimum atomic E-state index is -0.422. The van der Waals surface area contributed by atoms with Crippen LogP contribution in [-0.2, 0) is 9.59 Å². The van der Waals surface area contributed by atoms with Crippen LogP contribution < -0.4 is 16.4 Å². The van der Waals surface area contributed by atoms with Crippen molar-refractivity contribution in [1.29, 1.82) is 0 Å². The number of piperidine rings is 1. The largest absolute Gasteiger partial charge is 0.399 e. The molecule has 21 heavy (non-hydrogen) atoms. The van der Waals surface area contributed by atoms with Crippen LogP contribution in [-0.4, -0.2) is 22.8 Å². The van der Waals surface area contributed by atoms with Gasteiger partial charge in [0.2, 0.25) is 11.8 Å². The van der Waals surface area contributed by atoms with E-state index >= 15 is 0 Å². The van der Waals surface area contributed by atoms with Gasteiger partial charge in [-0.2, -0.15) is 0 Å². The summed E-state index contributed by atoms with van der Waals surface area (Å²) < 4.78 is 0. The lowest BCUT2D eigenvalue weighted by molar-refractivity contribution is -0.133. The molecule has 1 saturated heterocycles. The number of benzene rings is 1. The smallest absolute Gasteiger partial charge is 0.249 e. The molecule has 2 amide bonds. The van der Waals surface area contributed by atoms with Crippen LogP contribution in [0.2, 0.25) is 0 Å². The normalized spacial score (nSPS) is 18.6. The van der Waals surface area contributed by atoms with E-state index in [1.807, 2.05) is 25.1 Å². The Morgan fingerprint density at radius 3 is 2.90 bits per heavy atom. The molecule has 2 heterocycles. The highest BCUT2D eigenvalue weighted by Gasteiger charge is 2.26. The molecule has 2 aromatic rings. The topological polar surface area (TPSA) is 97.1 Å². The minimum absolute atomic E-state index is 0.224. The fourth-order valence-corrected chi connectivity index (χ4v) is 2.51. The van der Waals surface area contributed by atoms with Crippen LogP contribution in [0, 0.1) is 6.92 Å². The standard InChI is InChI=1S/C15H16N4O2/c1-8-6-13(10-7-9(16)2-3-11(10)17-8)18-12-4-5-14(20)19-15(12)21/h2-3,6-7,12H,4-5,16H2,1H3,(H,17,18)(H,19,20,21). The number of amides is 2. The highest BCUT2D eigenvalue weighted by atomic mass is 16.2. The van der Waals surface area contributed by atoms with Gasteiger partial charge in [-0.25, -0.2) is 0 Å². The molecule has 1 unspecified atom stereocenters. The maximum atomic E-state index is 11.9. The number of imide groups is 1. The summed E-state index contributed by atoms with van der Waals surface area (Å²) in [4.78, 5) is 27.5. The fraction of sp³-hybridized carbons (Fsp3) is 0.267. The van der Waals surface area contributed by atoms with Gasteiger partial charge in [0.25, 0.3) is 0 Å². The van der Waals surface area contributed by atoms with Gasteiger partial charge in [0.15, 0.2) is 0 Å². The Kier molecular flexibility index (Phi) is 3.21. The van der Waals surface area contributed by atoms with Gasteiger partial charge < -0.3 is 11.1 Å². The summed E-state index contributed by atoms with van der Waals surface area (Å²) in [5, 5.41) is 6.41. The third-order valence-corrected chi connectivity index (χ3v) is 3.53. The third kappa shape index (κ3) is 2.65. The molecule has 1 aliphatic heterocycles. The van der Waals surface area contributed by atoms with Gasteiger partial charge in [0, 0.05) is 28.9 Å². The molecular formula is C15H16N4O2. The summed E-state index contributed by atoms with van der Waals surface area (Å²) in [6.07, 6.45) is 0.823. The van der Waals surface area contributed by atoms with E-state index in [-0.39, 0.29) is 11.8 Å². The molecule has 3 rings (SSSR count). The number of hydrogen-bond acceptors (Lipinski definition) is 5. The van der Waals surface area contributed by atoms with Gasteiger partial charge in [0.1, 0.15) is 6.04 Å². The summed E-state index contributed by atoms with van der Waals surface area (Å²) in [6, 6.07) is 6.94. The first-order valence-corrected chi connectivity index (χ1v) is 6.80. The zero-order chi connectivity index (χ0) is 15.0. The molecule has 1 aliphatic rings. The molecular weight excluding hydrogens is 268 g/mol. The molecule has 6 heteroatoms. The monoisotopic (exact) mass is 284 g/mol. The van der Waals surface area contributed by atoms with Gasteiger partial charge in [0.05, 0.1) is 5.52 Å². The first-order valence-electron chi connectivity index (χ1n) is 6.80. The average Bonchev–Trinajstić information content (AvgIpc) is 2.42. The maximum Gasteiger partial charge on any atom is 0.249 e. The van der Waals surface area contributed by atoms with Gasteiger partial charge in [-0.15, -0.1) is 0 Å². The van der Waals surface area contributed by atoms with Crippen LogP contribution in [0.3, 0.4) is 0 Å². The Balaban J connectivity index is 1.98. The molecule has 4 N–H and O–H groups in total. The number of anilines is 2. The number of aryl methyl sites for hydroxylation is 1. The second kappa shape index (κ2) is 5.05. The van der Waals surface area contributed by atoms with Gasteiger partial charge >= 0.3 is 0 Å². The molecule has 1 atom stereocenters. The number of pyridine rings is 1. The summed E-state index contributed by atoms with van der Waals surface area (Å²) >= 11 is 0. The Morgan fingerprint density at radius 2 is 2.14 bits per heavy atom. The Labute approximate surface area is 121 Å². The van der Waals surface area contributed by atoms with Crippen molar-refractivity contribution in [2.75, 3.05) is 11.1 Å². The molecule has 0 radical (unpaired) electrons. The summed E-state index contributed by atoms with van der Waals surface area (Å²) in [7, 11) is 0. The van der Waals surface area contributed by atoms with Gasteiger partial charge in [-0.1, -0.05) is 0 Å². The van der Waals surface area contributed by atoms with E-state index in [1.54, 1.807) is 6.07 Å². The van der Waals surface area contributed by atoms with E-state index in [4.69, 9.17) is 5.73 Å². The number of nitrogens with two attached hydrogens (primary N) is 1. The number of nitrogen functional groups attached to an aromatic ring is 1.